The van der Waals surface area contributed by atoms with Crippen LogP contribution >= 0.6 is 12.2 Å². The van der Waals surface area contributed by atoms with Gasteiger partial charge in [-0.15, -0.1) is 0 Å². The Labute approximate surface area is 102 Å². The zero-order valence-corrected chi connectivity index (χ0v) is 10.0. The summed E-state index contributed by atoms with van der Waals surface area (Å²) in [5.74, 6) is 5.61. The Morgan fingerprint density at radius 3 is 2.44 bits per heavy atom. The van der Waals surface area contributed by atoms with E-state index in [-0.39, 0.29) is 6.04 Å². The van der Waals surface area contributed by atoms with Crippen molar-refractivity contribution in [3.63, 3.8) is 0 Å². The van der Waals surface area contributed by atoms with E-state index >= 15 is 0 Å². The minimum Gasteiger partial charge on any atom is -0.365 e. The number of thiocarbonyl (C=S) groups is 1. The van der Waals surface area contributed by atoms with Gasteiger partial charge in [0.25, 0.3) is 0 Å². The van der Waals surface area contributed by atoms with Crippen LogP contribution in [-0.4, -0.2) is 23.0 Å². The molecular weight excluding hydrogens is 218 g/mol. The molecule has 3 N–H and O–H groups in total. The first kappa shape index (κ1) is 11.5. The molecule has 1 aliphatic rings. The van der Waals surface area contributed by atoms with Gasteiger partial charge in [0, 0.05) is 13.1 Å². The second-order valence-corrected chi connectivity index (χ2v) is 4.46. The highest BCUT2D eigenvalue weighted by atomic mass is 32.1. The van der Waals surface area contributed by atoms with Gasteiger partial charge in [-0.05, 0) is 18.4 Å². The summed E-state index contributed by atoms with van der Waals surface area (Å²) in [6.07, 6.45) is 2.46. The van der Waals surface area contributed by atoms with Crippen LogP contribution in [0.4, 0.5) is 0 Å². The predicted molar refractivity (Wildman–Crippen MR) is 69.9 cm³/mol. The van der Waals surface area contributed by atoms with Gasteiger partial charge in [-0.3, -0.25) is 5.84 Å². The fourth-order valence-electron chi connectivity index (χ4n) is 2.08. The molecule has 1 fully saturated rings. The number of likely N-dealkylation sites (tertiary alicyclic amines) is 1. The summed E-state index contributed by atoms with van der Waals surface area (Å²) in [5.41, 5.74) is 3.94. The lowest BCUT2D eigenvalue weighted by atomic mass is 10.1. The molecule has 0 saturated carbocycles. The van der Waals surface area contributed by atoms with Crippen molar-refractivity contribution in [1.29, 1.82) is 0 Å². The number of nitrogens with zero attached hydrogens (tertiary/aromatic N) is 1. The third-order valence-corrected chi connectivity index (χ3v) is 3.46. The van der Waals surface area contributed by atoms with Crippen LogP contribution in [0.5, 0.6) is 0 Å². The Bertz CT molecular complexity index is 347. The first-order valence-corrected chi connectivity index (χ1v) is 6.03. The van der Waals surface area contributed by atoms with Crippen molar-refractivity contribution in [2.24, 2.45) is 5.84 Å². The van der Waals surface area contributed by atoms with E-state index in [4.69, 9.17) is 18.1 Å². The normalized spacial score (nSPS) is 17.4. The van der Waals surface area contributed by atoms with Gasteiger partial charge in [0.2, 0.25) is 0 Å². The number of nitrogens with one attached hydrogen (secondary N) is 1. The maximum Gasteiger partial charge on any atom is 0.101 e. The van der Waals surface area contributed by atoms with E-state index in [2.05, 4.69) is 10.3 Å². The fraction of sp³-hybridized carbons (Fsp3) is 0.417. The average molecular weight is 235 g/mol. The van der Waals surface area contributed by atoms with Crippen LogP contribution in [0, 0.1) is 0 Å². The molecule has 0 radical (unpaired) electrons. The summed E-state index contributed by atoms with van der Waals surface area (Å²) in [4.78, 5) is 3.15. The molecule has 0 aliphatic carbocycles. The van der Waals surface area contributed by atoms with Gasteiger partial charge in [0.05, 0.1) is 6.04 Å². The molecule has 0 amide bonds. The third kappa shape index (κ3) is 2.40. The lowest BCUT2D eigenvalue weighted by Gasteiger charge is -2.26. The van der Waals surface area contributed by atoms with Crippen molar-refractivity contribution < 1.29 is 0 Å². The van der Waals surface area contributed by atoms with Gasteiger partial charge >= 0.3 is 0 Å². The zero-order chi connectivity index (χ0) is 11.4. The number of hydrogen-bond donors (Lipinski definition) is 2. The Hall–Kier alpha value is -0.970. The highest BCUT2D eigenvalue weighted by molar-refractivity contribution is 7.80. The molecule has 2 rings (SSSR count). The number of benzene rings is 1. The van der Waals surface area contributed by atoms with Crippen molar-refractivity contribution >= 4 is 17.2 Å². The quantitative estimate of drug-likeness (QED) is 0.474. The highest BCUT2D eigenvalue weighted by Gasteiger charge is 2.22. The molecule has 1 heterocycles. The van der Waals surface area contributed by atoms with Crippen molar-refractivity contribution in [3.05, 3.63) is 35.9 Å². The smallest absolute Gasteiger partial charge is 0.101 e. The van der Waals surface area contributed by atoms with Gasteiger partial charge < -0.3 is 4.90 Å². The lowest BCUT2D eigenvalue weighted by Crippen LogP contribution is -2.41. The first-order valence-electron chi connectivity index (χ1n) is 5.63. The average Bonchev–Trinajstić information content (AvgIpc) is 2.85. The maximum atomic E-state index is 5.61. The SMILES string of the molecule is NNC(C(=S)N1CCCC1)c1ccccc1. The van der Waals surface area contributed by atoms with Crippen molar-refractivity contribution in [1.82, 2.24) is 10.3 Å². The van der Waals surface area contributed by atoms with E-state index in [1.165, 1.54) is 12.8 Å². The van der Waals surface area contributed by atoms with E-state index in [1.54, 1.807) is 0 Å². The van der Waals surface area contributed by atoms with E-state index in [0.717, 1.165) is 23.6 Å². The first-order chi connectivity index (χ1) is 7.83. The number of nitrogens with two attached hydrogens (primary N) is 1. The summed E-state index contributed by atoms with van der Waals surface area (Å²) in [7, 11) is 0. The second-order valence-electron chi connectivity index (χ2n) is 4.04. The molecule has 1 aromatic carbocycles. The topological polar surface area (TPSA) is 41.3 Å². The molecule has 1 unspecified atom stereocenters. The molecule has 16 heavy (non-hydrogen) atoms. The Morgan fingerprint density at radius 2 is 1.88 bits per heavy atom. The Morgan fingerprint density at radius 1 is 1.25 bits per heavy atom. The minimum absolute atomic E-state index is 0.0469. The molecular formula is C12H17N3S. The molecule has 1 saturated heterocycles. The molecule has 0 bridgehead atoms. The van der Waals surface area contributed by atoms with Crippen LogP contribution in [0.15, 0.2) is 30.3 Å². The summed E-state index contributed by atoms with van der Waals surface area (Å²) < 4.78 is 0. The molecule has 1 atom stereocenters. The summed E-state index contributed by atoms with van der Waals surface area (Å²) >= 11 is 5.50. The van der Waals surface area contributed by atoms with Crippen molar-refractivity contribution in [3.8, 4) is 0 Å². The van der Waals surface area contributed by atoms with E-state index in [1.807, 2.05) is 30.3 Å². The number of hydrogen-bond acceptors (Lipinski definition) is 3. The number of hydrazine groups is 1. The van der Waals surface area contributed by atoms with Gasteiger partial charge in [-0.2, -0.15) is 0 Å². The van der Waals surface area contributed by atoms with Gasteiger partial charge in [0.15, 0.2) is 0 Å². The summed E-state index contributed by atoms with van der Waals surface area (Å²) in [6, 6.07) is 10.1. The standard InChI is InChI=1S/C12H17N3S/c13-14-11(10-6-2-1-3-7-10)12(16)15-8-4-5-9-15/h1-3,6-7,11,14H,4-5,8-9,13H2. The van der Waals surface area contributed by atoms with Crippen LogP contribution in [0.2, 0.25) is 0 Å². The van der Waals surface area contributed by atoms with Gasteiger partial charge in [-0.1, -0.05) is 42.5 Å². The van der Waals surface area contributed by atoms with E-state index < -0.39 is 0 Å². The molecule has 0 aromatic heterocycles. The number of rotatable bonds is 3. The summed E-state index contributed by atoms with van der Waals surface area (Å²) in [6.45, 7) is 2.12. The maximum absolute atomic E-state index is 5.61. The van der Waals surface area contributed by atoms with Crippen LogP contribution in [0.3, 0.4) is 0 Å². The zero-order valence-electron chi connectivity index (χ0n) is 9.23. The molecule has 4 heteroatoms. The molecule has 1 aliphatic heterocycles. The van der Waals surface area contributed by atoms with Gasteiger partial charge in [-0.25, -0.2) is 5.43 Å². The minimum atomic E-state index is -0.0469. The monoisotopic (exact) mass is 235 g/mol. The van der Waals surface area contributed by atoms with Crippen LogP contribution < -0.4 is 11.3 Å². The van der Waals surface area contributed by atoms with Crippen molar-refractivity contribution in [2.45, 2.75) is 18.9 Å². The van der Waals surface area contributed by atoms with E-state index in [0.29, 0.717) is 0 Å². The van der Waals surface area contributed by atoms with Crippen LogP contribution in [0.25, 0.3) is 0 Å². The van der Waals surface area contributed by atoms with Crippen LogP contribution in [-0.2, 0) is 0 Å². The summed E-state index contributed by atoms with van der Waals surface area (Å²) in [5, 5.41) is 0. The molecule has 1 aromatic rings. The predicted octanol–water partition coefficient (Wildman–Crippen LogP) is 1.61. The fourth-order valence-corrected chi connectivity index (χ4v) is 2.46. The Kier molecular flexibility index (Phi) is 3.88. The highest BCUT2D eigenvalue weighted by Crippen LogP contribution is 2.19. The molecule has 86 valence electrons. The third-order valence-electron chi connectivity index (χ3n) is 2.96. The largest absolute Gasteiger partial charge is 0.365 e. The van der Waals surface area contributed by atoms with Gasteiger partial charge in [0.1, 0.15) is 4.99 Å². The van der Waals surface area contributed by atoms with E-state index in [9.17, 15) is 0 Å². The molecule has 3 nitrogen and oxygen atoms in total. The lowest BCUT2D eigenvalue weighted by molar-refractivity contribution is 0.491. The molecule has 0 spiro atoms. The second kappa shape index (κ2) is 5.39. The Balaban J connectivity index is 2.13. The van der Waals surface area contributed by atoms with Crippen molar-refractivity contribution in [2.75, 3.05) is 13.1 Å². The van der Waals surface area contributed by atoms with Crippen LogP contribution in [0.1, 0.15) is 24.4 Å².